The molecule has 0 spiro atoms. The minimum Gasteiger partial charge on any atom is -0.477 e. The number of carbonyl (C=O) groups is 4. The number of nitrogens with one attached hydrogen (secondary N) is 3. The van der Waals surface area contributed by atoms with Crippen LogP contribution in [-0.2, 0) is 23.9 Å². The molecule has 2 saturated heterocycles. The maximum absolute atomic E-state index is 14.0. The summed E-state index contributed by atoms with van der Waals surface area (Å²) in [7, 11) is 0. The largest absolute Gasteiger partial charge is 0.477 e. The van der Waals surface area contributed by atoms with Crippen LogP contribution in [0.5, 0.6) is 5.75 Å². The molecule has 5 rings (SSSR count). The second kappa shape index (κ2) is 11.0. The summed E-state index contributed by atoms with van der Waals surface area (Å²) in [6.07, 6.45) is -0.560. The van der Waals surface area contributed by atoms with Gasteiger partial charge >= 0.3 is 0 Å². The van der Waals surface area contributed by atoms with Crippen molar-refractivity contribution in [3.05, 3.63) is 23.2 Å². The van der Waals surface area contributed by atoms with Gasteiger partial charge in [-0.1, -0.05) is 52.3 Å². The molecule has 1 aromatic carbocycles. The molecule has 3 heterocycles. The van der Waals surface area contributed by atoms with Gasteiger partial charge in [-0.25, -0.2) is 0 Å². The van der Waals surface area contributed by atoms with Crippen LogP contribution in [0.4, 0.5) is 5.69 Å². The van der Waals surface area contributed by atoms with Crippen LogP contribution in [-0.4, -0.2) is 72.5 Å². The van der Waals surface area contributed by atoms with Crippen molar-refractivity contribution in [3.63, 3.8) is 0 Å². The van der Waals surface area contributed by atoms with Crippen molar-refractivity contribution in [1.29, 1.82) is 5.26 Å². The maximum atomic E-state index is 14.0. The molecule has 0 bridgehead atoms. The van der Waals surface area contributed by atoms with Crippen LogP contribution >= 0.6 is 11.6 Å². The standard InChI is InChI=1S/C30H38ClN5O6/c1-29(2,3)24(35-25(37)15-9-10-41-14-15)28(40)36-13-17-21(30(17,4)5)22(36)27(39)33-16(12-32)11-20-26(38)34-19-8-6-7-18(31)23(19)42-20/h6-8,15-17,20-22,24H,9-11,13-14H2,1-5H3,(H,33,39)(H,34,38)(H,35,37)/t15-,16-,17-,20-,21-,22-,24+/m0/s1. The Balaban J connectivity index is 1.31. The molecule has 3 fully saturated rings. The molecule has 3 aliphatic heterocycles. The topological polar surface area (TPSA) is 150 Å². The SMILES string of the molecule is CC(C)(C)[C@H](NC(=O)[C@H]1CCOC1)C(=O)N1C[C@H]2[C@@H]([C@H]1C(=O)N[C@H](C#N)C[C@@H]1Oc3c(Cl)cccc3NC1=O)C2(C)C. The van der Waals surface area contributed by atoms with E-state index in [1.807, 2.05) is 20.8 Å². The maximum Gasteiger partial charge on any atom is 0.265 e. The lowest BCUT2D eigenvalue weighted by Gasteiger charge is -2.38. The van der Waals surface area contributed by atoms with Crippen molar-refractivity contribution in [2.45, 2.75) is 71.7 Å². The molecule has 1 aliphatic carbocycles. The van der Waals surface area contributed by atoms with Crippen LogP contribution in [0.2, 0.25) is 5.02 Å². The minimum atomic E-state index is -1.06. The summed E-state index contributed by atoms with van der Waals surface area (Å²) in [5.41, 5.74) is -0.340. The number of hydrogen-bond donors (Lipinski definition) is 3. The fraction of sp³-hybridized carbons (Fsp3) is 0.633. The van der Waals surface area contributed by atoms with Crippen molar-refractivity contribution in [2.24, 2.45) is 28.6 Å². The molecule has 0 aromatic heterocycles. The number of amides is 4. The van der Waals surface area contributed by atoms with Crippen LogP contribution in [0.15, 0.2) is 18.2 Å². The molecular weight excluding hydrogens is 562 g/mol. The van der Waals surface area contributed by atoms with Gasteiger partial charge in [0.2, 0.25) is 17.7 Å². The third-order valence-corrected chi connectivity index (χ3v) is 9.46. The number of carbonyl (C=O) groups excluding carboxylic acids is 4. The van der Waals surface area contributed by atoms with E-state index in [-0.39, 0.29) is 41.4 Å². The summed E-state index contributed by atoms with van der Waals surface area (Å²) in [6, 6.07) is 4.31. The van der Waals surface area contributed by atoms with E-state index >= 15 is 0 Å². The van der Waals surface area contributed by atoms with Gasteiger partial charge in [-0.2, -0.15) is 5.26 Å². The summed E-state index contributed by atoms with van der Waals surface area (Å²) in [5.74, 6) is -1.46. The lowest BCUT2D eigenvalue weighted by molar-refractivity contribution is -0.146. The molecule has 3 N–H and O–H groups in total. The van der Waals surface area contributed by atoms with Crippen molar-refractivity contribution < 1.29 is 28.7 Å². The smallest absolute Gasteiger partial charge is 0.265 e. The van der Waals surface area contributed by atoms with Crippen molar-refractivity contribution >= 4 is 40.9 Å². The zero-order chi connectivity index (χ0) is 30.6. The van der Waals surface area contributed by atoms with Crippen molar-refractivity contribution in [1.82, 2.24) is 15.5 Å². The fourth-order valence-electron chi connectivity index (χ4n) is 6.54. The number of piperidine rings is 1. The van der Waals surface area contributed by atoms with E-state index in [1.165, 1.54) is 0 Å². The van der Waals surface area contributed by atoms with Crippen LogP contribution in [0.1, 0.15) is 47.5 Å². The Morgan fingerprint density at radius 3 is 2.62 bits per heavy atom. The van der Waals surface area contributed by atoms with Gasteiger partial charge in [0.25, 0.3) is 5.91 Å². The van der Waals surface area contributed by atoms with Crippen molar-refractivity contribution in [2.75, 3.05) is 25.1 Å². The molecule has 226 valence electrons. The average Bonchev–Trinajstić information content (AvgIpc) is 3.37. The third kappa shape index (κ3) is 5.54. The Labute approximate surface area is 250 Å². The van der Waals surface area contributed by atoms with Crippen LogP contribution in [0.25, 0.3) is 0 Å². The first-order valence-corrected chi connectivity index (χ1v) is 14.8. The lowest BCUT2D eigenvalue weighted by atomic mass is 9.84. The third-order valence-electron chi connectivity index (χ3n) is 9.16. The van der Waals surface area contributed by atoms with Gasteiger partial charge in [0, 0.05) is 19.6 Å². The van der Waals surface area contributed by atoms with Gasteiger partial charge in [-0.15, -0.1) is 0 Å². The van der Waals surface area contributed by atoms with Gasteiger partial charge in [-0.3, -0.25) is 19.2 Å². The van der Waals surface area contributed by atoms with E-state index in [0.717, 1.165) is 0 Å². The average molecular weight is 600 g/mol. The Morgan fingerprint density at radius 1 is 1.24 bits per heavy atom. The summed E-state index contributed by atoms with van der Waals surface area (Å²) in [5, 5.41) is 18.7. The highest BCUT2D eigenvalue weighted by molar-refractivity contribution is 6.32. The number of para-hydroxylation sites is 1. The second-order valence-corrected chi connectivity index (χ2v) is 13.8. The fourth-order valence-corrected chi connectivity index (χ4v) is 6.75. The predicted molar refractivity (Wildman–Crippen MR) is 153 cm³/mol. The molecule has 11 nitrogen and oxygen atoms in total. The first kappa shape index (κ1) is 30.1. The molecule has 12 heteroatoms. The Hall–Kier alpha value is -3.36. The zero-order valence-electron chi connectivity index (χ0n) is 24.5. The van der Waals surface area contributed by atoms with E-state index in [4.69, 9.17) is 21.1 Å². The van der Waals surface area contributed by atoms with Crippen LogP contribution < -0.4 is 20.7 Å². The number of halogens is 1. The highest BCUT2D eigenvalue weighted by atomic mass is 35.5. The Morgan fingerprint density at radius 2 is 1.98 bits per heavy atom. The summed E-state index contributed by atoms with van der Waals surface area (Å²) in [6.45, 7) is 11.0. The van der Waals surface area contributed by atoms with E-state index < -0.39 is 41.5 Å². The number of likely N-dealkylation sites (tertiary alicyclic amines) is 1. The first-order valence-electron chi connectivity index (χ1n) is 14.4. The van der Waals surface area contributed by atoms with Gasteiger partial charge in [0.05, 0.1) is 29.3 Å². The molecule has 1 aromatic rings. The highest BCUT2D eigenvalue weighted by Gasteiger charge is 2.69. The number of ether oxygens (including phenoxy) is 2. The number of nitriles is 1. The quantitative estimate of drug-likeness (QED) is 0.436. The Kier molecular flexibility index (Phi) is 7.92. The van der Waals surface area contributed by atoms with Crippen LogP contribution in [0.3, 0.4) is 0 Å². The summed E-state index contributed by atoms with van der Waals surface area (Å²) in [4.78, 5) is 55.1. The number of fused-ring (bicyclic) bond motifs is 2. The molecule has 1 saturated carbocycles. The van der Waals surface area contributed by atoms with Crippen LogP contribution in [0, 0.1) is 39.9 Å². The minimum absolute atomic E-state index is 0.0970. The molecule has 7 atom stereocenters. The van der Waals surface area contributed by atoms with Gasteiger partial charge in [0.15, 0.2) is 11.9 Å². The highest BCUT2D eigenvalue weighted by Crippen LogP contribution is 2.65. The van der Waals surface area contributed by atoms with E-state index in [0.29, 0.717) is 42.6 Å². The second-order valence-electron chi connectivity index (χ2n) is 13.4. The predicted octanol–water partition coefficient (Wildman–Crippen LogP) is 2.49. The molecule has 0 unspecified atom stereocenters. The first-order chi connectivity index (χ1) is 19.7. The number of benzene rings is 1. The number of anilines is 1. The van der Waals surface area contributed by atoms with Gasteiger partial charge in [-0.05, 0) is 41.2 Å². The zero-order valence-corrected chi connectivity index (χ0v) is 25.3. The van der Waals surface area contributed by atoms with E-state index in [2.05, 4.69) is 35.9 Å². The lowest BCUT2D eigenvalue weighted by Crippen LogP contribution is -2.60. The number of hydrogen-bond acceptors (Lipinski definition) is 7. The Bertz CT molecular complexity index is 1330. The van der Waals surface area contributed by atoms with Gasteiger partial charge < -0.3 is 30.3 Å². The normalized spacial score (nSPS) is 28.7. The summed E-state index contributed by atoms with van der Waals surface area (Å²) < 4.78 is 11.2. The number of nitrogens with zero attached hydrogens (tertiary/aromatic N) is 2. The van der Waals surface area contributed by atoms with E-state index in [1.54, 1.807) is 23.1 Å². The molecule has 4 aliphatic rings. The van der Waals surface area contributed by atoms with E-state index in [9.17, 15) is 24.4 Å². The molecule has 42 heavy (non-hydrogen) atoms. The molecular formula is C30H38ClN5O6. The molecule has 4 amide bonds. The molecule has 0 radical (unpaired) electrons. The van der Waals surface area contributed by atoms with Crippen molar-refractivity contribution in [3.8, 4) is 11.8 Å². The monoisotopic (exact) mass is 599 g/mol. The number of rotatable bonds is 7. The summed E-state index contributed by atoms with van der Waals surface area (Å²) >= 11 is 6.23. The van der Waals surface area contributed by atoms with Gasteiger partial charge in [0.1, 0.15) is 18.1 Å².